The summed E-state index contributed by atoms with van der Waals surface area (Å²) in [5.41, 5.74) is 0. The molecule has 0 radical (unpaired) electrons. The third-order valence-corrected chi connectivity index (χ3v) is 2.96. The third-order valence-electron chi connectivity index (χ3n) is 2.03. The molecule has 0 fully saturated rings. The molecule has 0 aromatic carbocycles. The first kappa shape index (κ1) is 13.0. The Bertz CT molecular complexity index is 340. The van der Waals surface area contributed by atoms with Crippen LogP contribution in [-0.2, 0) is 6.42 Å². The van der Waals surface area contributed by atoms with E-state index in [2.05, 4.69) is 5.32 Å². The first-order valence-corrected chi connectivity index (χ1v) is 5.61. The lowest BCUT2D eigenvalue weighted by atomic mass is 10.1. The van der Waals surface area contributed by atoms with Gasteiger partial charge in [0.15, 0.2) is 5.92 Å². The molecule has 1 heterocycles. The lowest BCUT2D eigenvalue weighted by Gasteiger charge is -2.13. The largest absolute Gasteiger partial charge is 0.405 e. The van der Waals surface area contributed by atoms with Gasteiger partial charge in [0.1, 0.15) is 0 Å². The molecule has 1 unspecified atom stereocenters. The maximum absolute atomic E-state index is 12.2. The van der Waals surface area contributed by atoms with Gasteiger partial charge in [-0.25, -0.2) is 0 Å². The van der Waals surface area contributed by atoms with Crippen LogP contribution in [0.2, 0.25) is 0 Å². The second-order valence-electron chi connectivity index (χ2n) is 3.26. The van der Waals surface area contributed by atoms with Crippen LogP contribution in [0.15, 0.2) is 17.5 Å². The van der Waals surface area contributed by atoms with Crippen molar-refractivity contribution in [1.29, 1.82) is 5.26 Å². The lowest BCUT2D eigenvalue weighted by Crippen LogP contribution is -2.33. The minimum absolute atomic E-state index is 0.342. The van der Waals surface area contributed by atoms with E-state index in [0.717, 1.165) is 4.88 Å². The van der Waals surface area contributed by atoms with E-state index >= 15 is 0 Å². The third kappa shape index (κ3) is 4.21. The molecule has 1 rings (SSSR count). The Labute approximate surface area is 95.7 Å². The molecule has 1 N–H and O–H groups in total. The second-order valence-corrected chi connectivity index (χ2v) is 4.29. The van der Waals surface area contributed by atoms with Gasteiger partial charge in [-0.05, 0) is 17.9 Å². The lowest BCUT2D eigenvalue weighted by molar-refractivity contribution is -0.157. The summed E-state index contributed by atoms with van der Waals surface area (Å²) in [6.45, 7) is 0.111. The minimum Gasteiger partial charge on any atom is -0.315 e. The van der Waals surface area contributed by atoms with Crippen LogP contribution in [0.1, 0.15) is 4.88 Å². The van der Waals surface area contributed by atoms with E-state index in [1.54, 1.807) is 11.3 Å². The molecule has 0 saturated heterocycles. The predicted octanol–water partition coefficient (Wildman–Crippen LogP) is 2.58. The Kier molecular flexibility index (Phi) is 4.77. The number of thiophene rings is 1. The maximum Gasteiger partial charge on any atom is 0.405 e. The van der Waals surface area contributed by atoms with Gasteiger partial charge in [-0.15, -0.1) is 11.3 Å². The van der Waals surface area contributed by atoms with E-state index in [0.29, 0.717) is 13.0 Å². The van der Waals surface area contributed by atoms with Crippen LogP contribution in [-0.4, -0.2) is 19.3 Å². The molecule has 0 aliphatic rings. The topological polar surface area (TPSA) is 35.8 Å². The minimum atomic E-state index is -4.44. The first-order valence-electron chi connectivity index (χ1n) is 4.73. The SMILES string of the molecule is N#CC(CNCCc1cccs1)C(F)(F)F. The Morgan fingerprint density at radius 2 is 2.25 bits per heavy atom. The van der Waals surface area contributed by atoms with Crippen LogP contribution in [0.4, 0.5) is 13.2 Å². The standard InChI is InChI=1S/C10H11F3N2S/c11-10(12,13)8(6-14)7-15-4-3-9-2-1-5-16-9/h1-2,5,8,15H,3-4,7H2. The molecule has 1 aromatic heterocycles. The Hall–Kier alpha value is -1.06. The molecule has 0 spiro atoms. The summed E-state index contributed by atoms with van der Waals surface area (Å²) in [5, 5.41) is 12.9. The molecule has 2 nitrogen and oxygen atoms in total. The van der Waals surface area contributed by atoms with Crippen molar-refractivity contribution in [2.24, 2.45) is 5.92 Å². The molecule has 88 valence electrons. The van der Waals surface area contributed by atoms with Crippen molar-refractivity contribution >= 4 is 11.3 Å². The number of nitrogens with zero attached hydrogens (tertiary/aromatic N) is 1. The van der Waals surface area contributed by atoms with Crippen LogP contribution >= 0.6 is 11.3 Å². The van der Waals surface area contributed by atoms with Gasteiger partial charge >= 0.3 is 6.18 Å². The highest BCUT2D eigenvalue weighted by Crippen LogP contribution is 2.24. The second kappa shape index (κ2) is 5.87. The molecule has 0 bridgehead atoms. The van der Waals surface area contributed by atoms with Crippen molar-refractivity contribution in [3.8, 4) is 6.07 Å². The summed E-state index contributed by atoms with van der Waals surface area (Å²) in [7, 11) is 0. The molecular formula is C10H11F3N2S. The van der Waals surface area contributed by atoms with Crippen molar-refractivity contribution in [2.45, 2.75) is 12.6 Å². The van der Waals surface area contributed by atoms with Crippen LogP contribution < -0.4 is 5.32 Å². The fourth-order valence-corrected chi connectivity index (χ4v) is 1.86. The van der Waals surface area contributed by atoms with Crippen molar-refractivity contribution in [1.82, 2.24) is 5.32 Å². The highest BCUT2D eigenvalue weighted by molar-refractivity contribution is 7.09. The van der Waals surface area contributed by atoms with Crippen LogP contribution in [0.25, 0.3) is 0 Å². The van der Waals surface area contributed by atoms with Crippen LogP contribution in [0.5, 0.6) is 0 Å². The van der Waals surface area contributed by atoms with E-state index in [1.165, 1.54) is 6.07 Å². The Balaban J connectivity index is 2.22. The molecule has 16 heavy (non-hydrogen) atoms. The number of alkyl halides is 3. The number of nitrogens with one attached hydrogen (secondary N) is 1. The normalized spacial score (nSPS) is 13.4. The summed E-state index contributed by atoms with van der Waals surface area (Å²) in [5.74, 6) is -1.92. The monoisotopic (exact) mass is 248 g/mol. The van der Waals surface area contributed by atoms with Gasteiger partial charge in [-0.2, -0.15) is 18.4 Å². The van der Waals surface area contributed by atoms with Crippen LogP contribution in [0.3, 0.4) is 0 Å². The van der Waals surface area contributed by atoms with Crippen LogP contribution in [0, 0.1) is 17.2 Å². The summed E-state index contributed by atoms with van der Waals surface area (Å²) < 4.78 is 36.5. The highest BCUT2D eigenvalue weighted by atomic mass is 32.1. The molecule has 1 atom stereocenters. The fourth-order valence-electron chi connectivity index (χ4n) is 1.15. The average Bonchev–Trinajstić information content (AvgIpc) is 2.68. The van der Waals surface area contributed by atoms with E-state index in [9.17, 15) is 13.2 Å². The summed E-state index contributed by atoms with van der Waals surface area (Å²) in [6.07, 6.45) is -3.75. The summed E-state index contributed by atoms with van der Waals surface area (Å²) in [4.78, 5) is 1.12. The van der Waals surface area contributed by atoms with Crippen molar-refractivity contribution in [2.75, 3.05) is 13.1 Å². The van der Waals surface area contributed by atoms with Crippen molar-refractivity contribution < 1.29 is 13.2 Å². The highest BCUT2D eigenvalue weighted by Gasteiger charge is 2.39. The van der Waals surface area contributed by atoms with Gasteiger partial charge in [-0.1, -0.05) is 6.07 Å². The fraction of sp³-hybridized carbons (Fsp3) is 0.500. The van der Waals surface area contributed by atoms with Gasteiger partial charge in [-0.3, -0.25) is 0 Å². The Morgan fingerprint density at radius 3 is 2.75 bits per heavy atom. The van der Waals surface area contributed by atoms with E-state index in [1.807, 2.05) is 17.5 Å². The predicted molar refractivity (Wildman–Crippen MR) is 56.1 cm³/mol. The molecule has 6 heteroatoms. The van der Waals surface area contributed by atoms with Gasteiger partial charge in [0.25, 0.3) is 0 Å². The van der Waals surface area contributed by atoms with Crippen molar-refractivity contribution in [3.63, 3.8) is 0 Å². The summed E-state index contributed by atoms with van der Waals surface area (Å²) in [6, 6.07) is 5.08. The molecule has 0 aliphatic carbocycles. The number of halogens is 3. The smallest absolute Gasteiger partial charge is 0.315 e. The first-order chi connectivity index (χ1) is 7.54. The number of hydrogen-bond donors (Lipinski definition) is 1. The number of rotatable bonds is 5. The molecule has 0 amide bonds. The van der Waals surface area contributed by atoms with E-state index in [4.69, 9.17) is 5.26 Å². The van der Waals surface area contributed by atoms with Gasteiger partial charge in [0.05, 0.1) is 6.07 Å². The molecular weight excluding hydrogens is 237 g/mol. The zero-order chi connectivity index (χ0) is 12.0. The van der Waals surface area contributed by atoms with E-state index in [-0.39, 0.29) is 6.54 Å². The molecule has 0 saturated carbocycles. The van der Waals surface area contributed by atoms with Crippen molar-refractivity contribution in [3.05, 3.63) is 22.4 Å². The average molecular weight is 248 g/mol. The van der Waals surface area contributed by atoms with E-state index < -0.39 is 12.1 Å². The van der Waals surface area contributed by atoms with Gasteiger partial charge < -0.3 is 5.32 Å². The summed E-state index contributed by atoms with van der Waals surface area (Å²) >= 11 is 1.57. The number of nitriles is 1. The van der Waals surface area contributed by atoms with Gasteiger partial charge in [0.2, 0.25) is 0 Å². The Morgan fingerprint density at radius 1 is 1.50 bits per heavy atom. The number of hydrogen-bond acceptors (Lipinski definition) is 3. The zero-order valence-corrected chi connectivity index (χ0v) is 9.24. The molecule has 0 aliphatic heterocycles. The maximum atomic E-state index is 12.2. The van der Waals surface area contributed by atoms with Gasteiger partial charge in [0, 0.05) is 18.0 Å². The molecule has 1 aromatic rings. The zero-order valence-electron chi connectivity index (χ0n) is 8.42. The quantitative estimate of drug-likeness (QED) is 0.813.